The number of hydrogen-bond acceptors (Lipinski definition) is 2. The number of rotatable bonds is 3. The van der Waals surface area contributed by atoms with E-state index in [1.54, 1.807) is 11.8 Å². The van der Waals surface area contributed by atoms with Crippen LogP contribution in [0.4, 0.5) is 0 Å². The molecule has 0 spiro atoms. The first-order valence-electron chi connectivity index (χ1n) is 4.63. The van der Waals surface area contributed by atoms with Gasteiger partial charge in [0, 0.05) is 10.6 Å². The van der Waals surface area contributed by atoms with Crippen molar-refractivity contribution in [3.05, 3.63) is 42.5 Å². The van der Waals surface area contributed by atoms with Crippen LogP contribution in [0.2, 0.25) is 0 Å². The zero-order valence-corrected chi connectivity index (χ0v) is 8.63. The van der Waals surface area contributed by atoms with Crippen LogP contribution in [0.25, 0.3) is 10.8 Å². The van der Waals surface area contributed by atoms with Crippen LogP contribution >= 0.6 is 11.8 Å². The summed E-state index contributed by atoms with van der Waals surface area (Å²) < 4.78 is 0. The normalized spacial score (nSPS) is 10.6. The summed E-state index contributed by atoms with van der Waals surface area (Å²) in [6.45, 7) is 0.230. The minimum Gasteiger partial charge on any atom is -0.396 e. The molecule has 72 valence electrons. The molecule has 0 bridgehead atoms. The summed E-state index contributed by atoms with van der Waals surface area (Å²) in [5, 5.41) is 11.3. The maximum absolute atomic E-state index is 8.78. The van der Waals surface area contributed by atoms with Crippen LogP contribution in [0.3, 0.4) is 0 Å². The van der Waals surface area contributed by atoms with Gasteiger partial charge in [-0.25, -0.2) is 0 Å². The minimum absolute atomic E-state index is 0.230. The fourth-order valence-corrected chi connectivity index (χ4v) is 2.30. The van der Waals surface area contributed by atoms with E-state index in [4.69, 9.17) is 5.11 Å². The van der Waals surface area contributed by atoms with Gasteiger partial charge in [0.15, 0.2) is 0 Å². The SMILES string of the molecule is OCCSc1cccc2ccccc12. The Hall–Kier alpha value is -0.990. The van der Waals surface area contributed by atoms with Gasteiger partial charge in [0.25, 0.3) is 0 Å². The smallest absolute Gasteiger partial charge is 0.0525 e. The van der Waals surface area contributed by atoms with Crippen LogP contribution in [0.5, 0.6) is 0 Å². The van der Waals surface area contributed by atoms with Crippen molar-refractivity contribution in [3.63, 3.8) is 0 Å². The van der Waals surface area contributed by atoms with E-state index in [2.05, 4.69) is 30.3 Å². The molecular formula is C12H12OS. The first-order valence-corrected chi connectivity index (χ1v) is 5.62. The fourth-order valence-electron chi connectivity index (χ4n) is 1.48. The van der Waals surface area contributed by atoms with Crippen molar-refractivity contribution >= 4 is 22.5 Å². The van der Waals surface area contributed by atoms with Gasteiger partial charge in [-0.2, -0.15) is 0 Å². The summed E-state index contributed by atoms with van der Waals surface area (Å²) in [4.78, 5) is 1.25. The highest BCUT2D eigenvalue weighted by Gasteiger charge is 1.99. The van der Waals surface area contributed by atoms with Gasteiger partial charge in [-0.05, 0) is 16.8 Å². The fraction of sp³-hybridized carbons (Fsp3) is 0.167. The third-order valence-electron chi connectivity index (χ3n) is 2.10. The molecule has 1 nitrogen and oxygen atoms in total. The Morgan fingerprint density at radius 1 is 1.00 bits per heavy atom. The van der Waals surface area contributed by atoms with Gasteiger partial charge in [0.1, 0.15) is 0 Å². The predicted molar refractivity (Wildman–Crippen MR) is 61.8 cm³/mol. The number of hydrogen-bond donors (Lipinski definition) is 1. The molecule has 0 radical (unpaired) electrons. The van der Waals surface area contributed by atoms with E-state index in [0.29, 0.717) is 0 Å². The Morgan fingerprint density at radius 3 is 2.64 bits per heavy atom. The van der Waals surface area contributed by atoms with Crippen LogP contribution in [-0.4, -0.2) is 17.5 Å². The van der Waals surface area contributed by atoms with Crippen molar-refractivity contribution < 1.29 is 5.11 Å². The molecule has 0 fully saturated rings. The Bertz CT molecular complexity index is 420. The summed E-state index contributed by atoms with van der Waals surface area (Å²) in [5.74, 6) is 0.758. The Labute approximate surface area is 87.8 Å². The molecule has 0 saturated heterocycles. The largest absolute Gasteiger partial charge is 0.396 e. The van der Waals surface area contributed by atoms with E-state index >= 15 is 0 Å². The second-order valence-corrected chi connectivity index (χ2v) is 4.19. The van der Waals surface area contributed by atoms with Crippen LogP contribution < -0.4 is 0 Å². The second kappa shape index (κ2) is 4.49. The summed E-state index contributed by atoms with van der Waals surface area (Å²) in [6.07, 6.45) is 0. The van der Waals surface area contributed by atoms with Crippen molar-refractivity contribution in [1.82, 2.24) is 0 Å². The minimum atomic E-state index is 0.230. The third kappa shape index (κ3) is 1.91. The number of benzene rings is 2. The predicted octanol–water partition coefficient (Wildman–Crippen LogP) is 2.92. The molecule has 2 aromatic rings. The van der Waals surface area contributed by atoms with Crippen molar-refractivity contribution in [1.29, 1.82) is 0 Å². The Morgan fingerprint density at radius 2 is 1.79 bits per heavy atom. The summed E-state index contributed by atoms with van der Waals surface area (Å²) in [5.41, 5.74) is 0. The molecule has 2 aromatic carbocycles. The summed E-state index contributed by atoms with van der Waals surface area (Å²) in [7, 11) is 0. The van der Waals surface area contributed by atoms with Crippen LogP contribution in [-0.2, 0) is 0 Å². The van der Waals surface area contributed by atoms with Gasteiger partial charge in [-0.15, -0.1) is 11.8 Å². The summed E-state index contributed by atoms with van der Waals surface area (Å²) in [6, 6.07) is 14.6. The molecule has 14 heavy (non-hydrogen) atoms. The topological polar surface area (TPSA) is 20.2 Å². The van der Waals surface area contributed by atoms with Gasteiger partial charge in [0.2, 0.25) is 0 Å². The lowest BCUT2D eigenvalue weighted by Gasteiger charge is -2.04. The Balaban J connectivity index is 2.43. The van der Waals surface area contributed by atoms with E-state index in [-0.39, 0.29) is 6.61 Å². The lowest BCUT2D eigenvalue weighted by molar-refractivity contribution is 0.322. The summed E-state index contributed by atoms with van der Waals surface area (Å²) >= 11 is 1.70. The molecular weight excluding hydrogens is 192 g/mol. The standard InChI is InChI=1S/C12H12OS/c13-8-9-14-12-7-3-5-10-4-1-2-6-11(10)12/h1-7,13H,8-9H2. The van der Waals surface area contributed by atoms with Crippen molar-refractivity contribution in [2.24, 2.45) is 0 Å². The van der Waals surface area contributed by atoms with E-state index in [1.807, 2.05) is 12.1 Å². The van der Waals surface area contributed by atoms with Crippen LogP contribution in [0.1, 0.15) is 0 Å². The molecule has 0 unspecified atom stereocenters. The third-order valence-corrected chi connectivity index (χ3v) is 3.15. The van der Waals surface area contributed by atoms with E-state index in [9.17, 15) is 0 Å². The molecule has 0 aliphatic carbocycles. The van der Waals surface area contributed by atoms with E-state index in [1.165, 1.54) is 15.7 Å². The average molecular weight is 204 g/mol. The van der Waals surface area contributed by atoms with Crippen molar-refractivity contribution in [2.75, 3.05) is 12.4 Å². The Kier molecular flexibility index (Phi) is 3.07. The van der Waals surface area contributed by atoms with Crippen LogP contribution in [0.15, 0.2) is 47.4 Å². The van der Waals surface area contributed by atoms with Gasteiger partial charge in [0.05, 0.1) is 6.61 Å². The van der Waals surface area contributed by atoms with Crippen molar-refractivity contribution in [3.8, 4) is 0 Å². The molecule has 0 saturated carbocycles. The zero-order chi connectivity index (χ0) is 9.80. The van der Waals surface area contributed by atoms with Gasteiger partial charge >= 0.3 is 0 Å². The molecule has 2 rings (SSSR count). The highest BCUT2D eigenvalue weighted by Crippen LogP contribution is 2.27. The van der Waals surface area contributed by atoms with Crippen molar-refractivity contribution in [2.45, 2.75) is 4.90 Å². The molecule has 0 atom stereocenters. The maximum Gasteiger partial charge on any atom is 0.0525 e. The van der Waals surface area contributed by atoms with Crippen LogP contribution in [0, 0.1) is 0 Å². The van der Waals surface area contributed by atoms with Gasteiger partial charge in [-0.3, -0.25) is 0 Å². The average Bonchev–Trinajstić information content (AvgIpc) is 2.26. The number of aliphatic hydroxyl groups is 1. The van der Waals surface area contributed by atoms with E-state index in [0.717, 1.165) is 5.75 Å². The number of aliphatic hydroxyl groups excluding tert-OH is 1. The van der Waals surface area contributed by atoms with Gasteiger partial charge < -0.3 is 5.11 Å². The number of fused-ring (bicyclic) bond motifs is 1. The lowest BCUT2D eigenvalue weighted by atomic mass is 10.1. The van der Waals surface area contributed by atoms with Gasteiger partial charge in [-0.1, -0.05) is 36.4 Å². The molecule has 0 amide bonds. The molecule has 0 heterocycles. The van der Waals surface area contributed by atoms with E-state index < -0.39 is 0 Å². The highest BCUT2D eigenvalue weighted by atomic mass is 32.2. The highest BCUT2D eigenvalue weighted by molar-refractivity contribution is 7.99. The molecule has 2 heteroatoms. The molecule has 0 aliphatic rings. The molecule has 0 aromatic heterocycles. The molecule has 1 N–H and O–H groups in total. The lowest BCUT2D eigenvalue weighted by Crippen LogP contribution is -1.86. The maximum atomic E-state index is 8.78. The zero-order valence-electron chi connectivity index (χ0n) is 7.81. The monoisotopic (exact) mass is 204 g/mol. The quantitative estimate of drug-likeness (QED) is 0.776. The molecule has 0 aliphatic heterocycles. The first-order chi connectivity index (χ1) is 6.92. The second-order valence-electron chi connectivity index (χ2n) is 3.05. The number of thioether (sulfide) groups is 1. The first kappa shape index (κ1) is 9.56.